The third-order valence-corrected chi connectivity index (χ3v) is 3.30. The molecule has 0 saturated heterocycles. The Kier molecular flexibility index (Phi) is 1.71. The maximum Gasteiger partial charge on any atom is 0.0927 e. The van der Waals surface area contributed by atoms with Crippen molar-refractivity contribution in [2.24, 2.45) is 7.05 Å². The van der Waals surface area contributed by atoms with E-state index in [4.69, 9.17) is 0 Å². The zero-order valence-corrected chi connectivity index (χ0v) is 9.58. The minimum atomic E-state index is 0.749. The van der Waals surface area contributed by atoms with Gasteiger partial charge >= 0.3 is 0 Å². The molecule has 1 aromatic heterocycles. The summed E-state index contributed by atoms with van der Waals surface area (Å²) in [4.78, 5) is 0. The van der Waals surface area contributed by atoms with Gasteiger partial charge in [-0.25, -0.2) is 0 Å². The zero-order valence-electron chi connectivity index (χ0n) is 8.00. The Morgan fingerprint density at radius 3 is 2.93 bits per heavy atom. The second kappa shape index (κ2) is 2.83. The highest BCUT2D eigenvalue weighted by Gasteiger charge is 2.28. The second-order valence-electron chi connectivity index (χ2n) is 3.94. The molecular formula is C11H11BrN2. The van der Waals surface area contributed by atoms with Crippen LogP contribution in [0.2, 0.25) is 0 Å². The second-order valence-corrected chi connectivity index (χ2v) is 4.86. The molecule has 0 aliphatic heterocycles. The quantitative estimate of drug-likeness (QED) is 0.760. The number of benzene rings is 1. The average molecular weight is 251 g/mol. The molecule has 0 spiro atoms. The molecule has 0 radical (unpaired) electrons. The van der Waals surface area contributed by atoms with Crippen molar-refractivity contribution < 1.29 is 0 Å². The molecule has 0 bridgehead atoms. The Morgan fingerprint density at radius 1 is 1.43 bits per heavy atom. The lowest BCUT2D eigenvalue weighted by atomic mass is 10.1. The molecule has 0 amide bonds. The Morgan fingerprint density at radius 2 is 2.21 bits per heavy atom. The third-order valence-electron chi connectivity index (χ3n) is 2.80. The van der Waals surface area contributed by atoms with Gasteiger partial charge in [-0.05, 0) is 31.0 Å². The van der Waals surface area contributed by atoms with Crippen LogP contribution in [0.15, 0.2) is 22.7 Å². The van der Waals surface area contributed by atoms with Crippen molar-refractivity contribution in [3.63, 3.8) is 0 Å². The third kappa shape index (κ3) is 1.19. The van der Waals surface area contributed by atoms with E-state index >= 15 is 0 Å². The lowest BCUT2D eigenvalue weighted by Gasteiger charge is -1.98. The van der Waals surface area contributed by atoms with Gasteiger partial charge in [-0.3, -0.25) is 4.68 Å². The summed E-state index contributed by atoms with van der Waals surface area (Å²) < 4.78 is 3.18. The van der Waals surface area contributed by atoms with Crippen molar-refractivity contribution in [3.8, 4) is 0 Å². The topological polar surface area (TPSA) is 17.8 Å². The number of nitrogens with zero attached hydrogens (tertiary/aromatic N) is 2. The summed E-state index contributed by atoms with van der Waals surface area (Å²) in [7, 11) is 2.04. The van der Waals surface area contributed by atoms with Gasteiger partial charge in [0.05, 0.1) is 5.52 Å². The molecule has 14 heavy (non-hydrogen) atoms. The van der Waals surface area contributed by atoms with E-state index in [-0.39, 0.29) is 0 Å². The van der Waals surface area contributed by atoms with Crippen molar-refractivity contribution in [1.82, 2.24) is 9.78 Å². The van der Waals surface area contributed by atoms with Crippen LogP contribution in [0, 0.1) is 0 Å². The Balaban J connectivity index is 2.34. The van der Waals surface area contributed by atoms with Gasteiger partial charge in [-0.2, -0.15) is 5.10 Å². The van der Waals surface area contributed by atoms with Gasteiger partial charge in [0.25, 0.3) is 0 Å². The first-order chi connectivity index (χ1) is 6.75. The first-order valence-corrected chi connectivity index (χ1v) is 5.67. The molecule has 0 atom stereocenters. The molecule has 2 aromatic rings. The molecule has 1 saturated carbocycles. The standard InChI is InChI=1S/C11H11BrN2/c1-14-11(7-2-3-7)9-6-8(12)4-5-10(9)13-14/h4-7H,2-3H2,1H3. The van der Waals surface area contributed by atoms with Crippen LogP contribution >= 0.6 is 15.9 Å². The van der Waals surface area contributed by atoms with E-state index in [0.29, 0.717) is 0 Å². The van der Waals surface area contributed by atoms with Gasteiger partial charge in [0.15, 0.2) is 0 Å². The number of aromatic nitrogens is 2. The van der Waals surface area contributed by atoms with E-state index in [1.54, 1.807) is 0 Å². The highest BCUT2D eigenvalue weighted by atomic mass is 79.9. The fourth-order valence-electron chi connectivity index (χ4n) is 2.03. The first-order valence-electron chi connectivity index (χ1n) is 4.88. The maximum atomic E-state index is 4.51. The summed E-state index contributed by atoms with van der Waals surface area (Å²) in [5.74, 6) is 0.749. The van der Waals surface area contributed by atoms with E-state index in [1.807, 2.05) is 17.8 Å². The van der Waals surface area contributed by atoms with Crippen molar-refractivity contribution in [3.05, 3.63) is 28.4 Å². The van der Waals surface area contributed by atoms with Crippen LogP contribution in [0.5, 0.6) is 0 Å². The molecular weight excluding hydrogens is 240 g/mol. The van der Waals surface area contributed by atoms with Crippen molar-refractivity contribution in [2.45, 2.75) is 18.8 Å². The largest absolute Gasteiger partial charge is 0.271 e. The molecule has 72 valence electrons. The van der Waals surface area contributed by atoms with E-state index in [2.05, 4.69) is 33.2 Å². The molecule has 0 N–H and O–H groups in total. The van der Waals surface area contributed by atoms with Crippen LogP contribution in [0.4, 0.5) is 0 Å². The van der Waals surface area contributed by atoms with Gasteiger partial charge in [-0.1, -0.05) is 15.9 Å². The normalized spacial score (nSPS) is 16.4. The number of fused-ring (bicyclic) bond motifs is 1. The fraction of sp³-hybridized carbons (Fsp3) is 0.364. The zero-order chi connectivity index (χ0) is 9.71. The smallest absolute Gasteiger partial charge is 0.0927 e. The number of halogens is 1. The highest BCUT2D eigenvalue weighted by Crippen LogP contribution is 2.43. The Bertz CT molecular complexity index is 497. The van der Waals surface area contributed by atoms with Crippen molar-refractivity contribution in [1.29, 1.82) is 0 Å². The molecule has 3 heteroatoms. The minimum absolute atomic E-state index is 0.749. The number of hydrogen-bond donors (Lipinski definition) is 0. The number of rotatable bonds is 1. The Hall–Kier alpha value is -0.830. The van der Waals surface area contributed by atoms with E-state index in [9.17, 15) is 0 Å². The number of hydrogen-bond acceptors (Lipinski definition) is 1. The van der Waals surface area contributed by atoms with Crippen LogP contribution in [0.25, 0.3) is 10.9 Å². The van der Waals surface area contributed by atoms with Crippen LogP contribution in [-0.4, -0.2) is 9.78 Å². The van der Waals surface area contributed by atoms with E-state index in [1.165, 1.54) is 23.9 Å². The molecule has 2 nitrogen and oxygen atoms in total. The Labute approximate surface area is 91.0 Å². The summed E-state index contributed by atoms with van der Waals surface area (Å²) in [5, 5.41) is 5.82. The summed E-state index contributed by atoms with van der Waals surface area (Å²) in [6, 6.07) is 6.30. The lowest BCUT2D eigenvalue weighted by Crippen LogP contribution is -1.95. The molecule has 0 unspecified atom stereocenters. The van der Waals surface area contributed by atoms with Crippen LogP contribution < -0.4 is 0 Å². The molecule has 1 heterocycles. The monoisotopic (exact) mass is 250 g/mol. The van der Waals surface area contributed by atoms with Crippen molar-refractivity contribution >= 4 is 26.8 Å². The van der Waals surface area contributed by atoms with Crippen LogP contribution in [0.3, 0.4) is 0 Å². The van der Waals surface area contributed by atoms with Crippen LogP contribution in [-0.2, 0) is 7.05 Å². The minimum Gasteiger partial charge on any atom is -0.271 e. The summed E-state index contributed by atoms with van der Waals surface area (Å²) in [5.41, 5.74) is 2.51. The summed E-state index contributed by atoms with van der Waals surface area (Å²) in [6.07, 6.45) is 2.64. The predicted molar refractivity (Wildman–Crippen MR) is 60.4 cm³/mol. The van der Waals surface area contributed by atoms with Gasteiger partial charge in [0.1, 0.15) is 0 Å². The molecule has 1 aromatic carbocycles. The van der Waals surface area contributed by atoms with E-state index in [0.717, 1.165) is 15.9 Å². The summed E-state index contributed by atoms with van der Waals surface area (Å²) >= 11 is 3.51. The average Bonchev–Trinajstić information content (AvgIpc) is 2.90. The maximum absolute atomic E-state index is 4.51. The number of aryl methyl sites for hydroxylation is 1. The lowest BCUT2D eigenvalue weighted by molar-refractivity contribution is 0.723. The van der Waals surface area contributed by atoms with Gasteiger partial charge in [0, 0.05) is 28.5 Å². The first kappa shape index (κ1) is 8.48. The SMILES string of the molecule is Cn1nc2ccc(Br)cc2c1C1CC1. The van der Waals surface area contributed by atoms with Crippen LogP contribution in [0.1, 0.15) is 24.5 Å². The van der Waals surface area contributed by atoms with Crippen molar-refractivity contribution in [2.75, 3.05) is 0 Å². The predicted octanol–water partition coefficient (Wildman–Crippen LogP) is 3.21. The van der Waals surface area contributed by atoms with Gasteiger partial charge in [-0.15, -0.1) is 0 Å². The van der Waals surface area contributed by atoms with Gasteiger partial charge in [0.2, 0.25) is 0 Å². The van der Waals surface area contributed by atoms with Gasteiger partial charge < -0.3 is 0 Å². The molecule has 1 aliphatic carbocycles. The molecule has 3 rings (SSSR count). The summed E-state index contributed by atoms with van der Waals surface area (Å²) in [6.45, 7) is 0. The fourth-order valence-corrected chi connectivity index (χ4v) is 2.39. The molecule has 1 aliphatic rings. The highest BCUT2D eigenvalue weighted by molar-refractivity contribution is 9.10. The van der Waals surface area contributed by atoms with E-state index < -0.39 is 0 Å². The molecule has 1 fully saturated rings.